The molecular weight excluding hydrogens is 286 g/mol. The van der Waals surface area contributed by atoms with Crippen LogP contribution in [0.2, 0.25) is 0 Å². The Balaban J connectivity index is 2.67. The Labute approximate surface area is 129 Å². The molecule has 0 bridgehead atoms. The fourth-order valence-corrected chi connectivity index (χ4v) is 1.55. The molecule has 0 aliphatic carbocycles. The molecule has 0 aromatic heterocycles. The van der Waals surface area contributed by atoms with Gasteiger partial charge in [0.2, 0.25) is 0 Å². The number of carbonyl (C=O) groups is 1. The second-order valence-corrected chi connectivity index (χ2v) is 5.40. The third-order valence-corrected chi connectivity index (χ3v) is 2.42. The van der Waals surface area contributed by atoms with Crippen LogP contribution in [-0.2, 0) is 4.74 Å². The molecule has 7 nitrogen and oxygen atoms in total. The number of nitro benzene ring substituents is 1. The van der Waals surface area contributed by atoms with Gasteiger partial charge in [-0.05, 0) is 32.9 Å². The van der Waals surface area contributed by atoms with Gasteiger partial charge in [0.1, 0.15) is 11.3 Å². The summed E-state index contributed by atoms with van der Waals surface area (Å²) in [6, 6.07) is 4.63. The van der Waals surface area contributed by atoms with E-state index in [1.54, 1.807) is 40.0 Å². The Kier molecular flexibility index (Phi) is 5.75. The lowest BCUT2D eigenvalue weighted by Gasteiger charge is -2.18. The van der Waals surface area contributed by atoms with Gasteiger partial charge in [0.25, 0.3) is 5.69 Å². The Bertz CT molecular complexity index is 624. The molecule has 1 aromatic rings. The third-order valence-electron chi connectivity index (χ3n) is 2.42. The number of nitrogens with one attached hydrogen (secondary N) is 2. The first kappa shape index (κ1) is 17.3. The SMILES string of the molecule is CNc1ccc(C#CCNC(=O)OC(C)(C)C)cc1[N+](=O)[O-]. The van der Waals surface area contributed by atoms with E-state index in [9.17, 15) is 14.9 Å². The van der Waals surface area contributed by atoms with Gasteiger partial charge in [-0.15, -0.1) is 0 Å². The van der Waals surface area contributed by atoms with Gasteiger partial charge in [0.15, 0.2) is 0 Å². The van der Waals surface area contributed by atoms with Gasteiger partial charge in [-0.3, -0.25) is 10.1 Å². The molecule has 0 unspecified atom stereocenters. The average Bonchev–Trinajstić information content (AvgIpc) is 2.41. The number of rotatable bonds is 3. The number of nitrogens with zero attached hydrogens (tertiary/aromatic N) is 1. The van der Waals surface area contributed by atoms with Crippen molar-refractivity contribution in [3.63, 3.8) is 0 Å². The van der Waals surface area contributed by atoms with Crippen molar-refractivity contribution >= 4 is 17.5 Å². The fourth-order valence-electron chi connectivity index (χ4n) is 1.55. The summed E-state index contributed by atoms with van der Waals surface area (Å²) in [7, 11) is 1.61. The smallest absolute Gasteiger partial charge is 0.408 e. The van der Waals surface area contributed by atoms with E-state index in [2.05, 4.69) is 22.5 Å². The van der Waals surface area contributed by atoms with Crippen molar-refractivity contribution in [1.29, 1.82) is 0 Å². The molecule has 0 saturated carbocycles. The fraction of sp³-hybridized carbons (Fsp3) is 0.400. The molecule has 7 heteroatoms. The maximum atomic E-state index is 11.4. The van der Waals surface area contributed by atoms with Crippen LogP contribution in [0.1, 0.15) is 26.3 Å². The maximum absolute atomic E-state index is 11.4. The quantitative estimate of drug-likeness (QED) is 0.508. The van der Waals surface area contributed by atoms with Crippen LogP contribution in [0.3, 0.4) is 0 Å². The van der Waals surface area contributed by atoms with Gasteiger partial charge in [-0.2, -0.15) is 0 Å². The van der Waals surface area contributed by atoms with Gasteiger partial charge >= 0.3 is 6.09 Å². The Morgan fingerprint density at radius 1 is 1.41 bits per heavy atom. The van der Waals surface area contributed by atoms with E-state index in [0.717, 1.165) is 0 Å². The highest BCUT2D eigenvalue weighted by Gasteiger charge is 2.15. The molecule has 1 rings (SSSR count). The Morgan fingerprint density at radius 2 is 2.09 bits per heavy atom. The number of hydrogen-bond donors (Lipinski definition) is 2. The largest absolute Gasteiger partial charge is 0.444 e. The van der Waals surface area contributed by atoms with Gasteiger partial charge in [0, 0.05) is 18.7 Å². The van der Waals surface area contributed by atoms with E-state index in [0.29, 0.717) is 11.3 Å². The first-order valence-corrected chi connectivity index (χ1v) is 6.65. The van der Waals surface area contributed by atoms with Crippen LogP contribution in [0.25, 0.3) is 0 Å². The zero-order valence-corrected chi connectivity index (χ0v) is 13.0. The minimum absolute atomic E-state index is 0.0469. The minimum atomic E-state index is -0.568. The van der Waals surface area contributed by atoms with Gasteiger partial charge in [0.05, 0.1) is 11.5 Å². The van der Waals surface area contributed by atoms with Crippen molar-refractivity contribution in [2.24, 2.45) is 0 Å². The van der Waals surface area contributed by atoms with Gasteiger partial charge in [-0.25, -0.2) is 4.79 Å². The lowest BCUT2D eigenvalue weighted by Crippen LogP contribution is -2.32. The first-order valence-electron chi connectivity index (χ1n) is 6.65. The molecule has 0 aliphatic heterocycles. The monoisotopic (exact) mass is 305 g/mol. The summed E-state index contributed by atoms with van der Waals surface area (Å²) in [5.74, 6) is 5.47. The molecule has 1 amide bonds. The first-order chi connectivity index (χ1) is 10.2. The number of nitro groups is 1. The normalized spacial score (nSPS) is 10.2. The molecule has 1 aromatic carbocycles. The van der Waals surface area contributed by atoms with Gasteiger partial charge in [-0.1, -0.05) is 11.8 Å². The van der Waals surface area contributed by atoms with Crippen LogP contribution in [0.15, 0.2) is 18.2 Å². The molecule has 0 atom stereocenters. The van der Waals surface area contributed by atoms with Crippen molar-refractivity contribution in [3.8, 4) is 11.8 Å². The van der Waals surface area contributed by atoms with Crippen LogP contribution in [0.4, 0.5) is 16.2 Å². The highest BCUT2D eigenvalue weighted by molar-refractivity contribution is 5.68. The molecule has 0 spiro atoms. The molecule has 0 heterocycles. The predicted octanol–water partition coefficient (Wildman–Crippen LogP) is 2.51. The number of benzene rings is 1. The van der Waals surface area contributed by atoms with E-state index in [1.165, 1.54) is 6.07 Å². The topological polar surface area (TPSA) is 93.5 Å². The predicted molar refractivity (Wildman–Crippen MR) is 83.8 cm³/mol. The van der Waals surface area contributed by atoms with Crippen LogP contribution in [0.5, 0.6) is 0 Å². The average molecular weight is 305 g/mol. The Morgan fingerprint density at radius 3 is 2.64 bits per heavy atom. The van der Waals surface area contributed by atoms with E-state index in [-0.39, 0.29) is 12.2 Å². The standard InChI is InChI=1S/C15H19N3O4/c1-15(2,3)22-14(19)17-9-5-6-11-7-8-12(16-4)13(10-11)18(20)21/h7-8,10,16H,9H2,1-4H3,(H,17,19). The van der Waals surface area contributed by atoms with E-state index < -0.39 is 16.6 Å². The summed E-state index contributed by atoms with van der Waals surface area (Å²) in [5.41, 5.74) is 0.301. The molecule has 0 aliphatic rings. The van der Waals surface area contributed by atoms with Crippen molar-refractivity contribution < 1.29 is 14.5 Å². The minimum Gasteiger partial charge on any atom is -0.444 e. The van der Waals surface area contributed by atoms with Crippen molar-refractivity contribution in [2.75, 3.05) is 18.9 Å². The Hall–Kier alpha value is -2.75. The zero-order chi connectivity index (χ0) is 16.8. The second-order valence-electron chi connectivity index (χ2n) is 5.40. The third kappa shape index (κ3) is 5.71. The molecule has 0 saturated heterocycles. The van der Waals surface area contributed by atoms with E-state index in [4.69, 9.17) is 4.74 Å². The summed E-state index contributed by atoms with van der Waals surface area (Å²) >= 11 is 0. The zero-order valence-electron chi connectivity index (χ0n) is 13.0. The van der Waals surface area contributed by atoms with Crippen LogP contribution in [-0.4, -0.2) is 30.2 Å². The molecule has 2 N–H and O–H groups in total. The lowest BCUT2D eigenvalue weighted by molar-refractivity contribution is -0.384. The number of ether oxygens (including phenoxy) is 1. The highest BCUT2D eigenvalue weighted by atomic mass is 16.6. The highest BCUT2D eigenvalue weighted by Crippen LogP contribution is 2.24. The summed E-state index contributed by atoms with van der Waals surface area (Å²) in [4.78, 5) is 21.9. The molecule has 22 heavy (non-hydrogen) atoms. The molecule has 0 fully saturated rings. The summed E-state index contributed by atoms with van der Waals surface area (Å²) in [6.45, 7) is 5.39. The number of alkyl carbamates (subject to hydrolysis) is 1. The van der Waals surface area contributed by atoms with Crippen molar-refractivity contribution in [2.45, 2.75) is 26.4 Å². The van der Waals surface area contributed by atoms with Crippen LogP contribution < -0.4 is 10.6 Å². The molecular formula is C15H19N3O4. The lowest BCUT2D eigenvalue weighted by atomic mass is 10.2. The second kappa shape index (κ2) is 7.31. The molecule has 118 valence electrons. The van der Waals surface area contributed by atoms with E-state index in [1.807, 2.05) is 0 Å². The number of hydrogen-bond acceptors (Lipinski definition) is 5. The maximum Gasteiger partial charge on any atom is 0.408 e. The summed E-state index contributed by atoms with van der Waals surface area (Å²) < 4.78 is 5.06. The number of anilines is 1. The number of amides is 1. The number of carbonyl (C=O) groups excluding carboxylic acids is 1. The van der Waals surface area contributed by atoms with Gasteiger partial charge < -0.3 is 15.4 Å². The van der Waals surface area contributed by atoms with Crippen LogP contribution >= 0.6 is 0 Å². The van der Waals surface area contributed by atoms with Crippen LogP contribution in [0, 0.1) is 22.0 Å². The molecule has 0 radical (unpaired) electrons. The van der Waals surface area contributed by atoms with Crippen molar-refractivity contribution in [1.82, 2.24) is 5.32 Å². The van der Waals surface area contributed by atoms with E-state index >= 15 is 0 Å². The summed E-state index contributed by atoms with van der Waals surface area (Å²) in [6.07, 6.45) is -0.557. The summed E-state index contributed by atoms with van der Waals surface area (Å²) in [5, 5.41) is 16.2. The van der Waals surface area contributed by atoms with Crippen molar-refractivity contribution in [3.05, 3.63) is 33.9 Å².